The molecular weight excluding hydrogens is 268 g/mol. The van der Waals surface area contributed by atoms with E-state index in [0.29, 0.717) is 0 Å². The third-order valence-corrected chi connectivity index (χ3v) is 4.62. The van der Waals surface area contributed by atoms with Gasteiger partial charge in [0.25, 0.3) is 0 Å². The van der Waals surface area contributed by atoms with Crippen molar-refractivity contribution in [3.05, 3.63) is 23.9 Å². The molecule has 0 radical (unpaired) electrons. The number of hydrogen-bond donors (Lipinski definition) is 0. The molecule has 0 N–H and O–H groups in total. The highest BCUT2D eigenvalue weighted by molar-refractivity contribution is 8.00. The number of rotatable bonds is 2. The van der Waals surface area contributed by atoms with Crippen LogP contribution in [0.25, 0.3) is 0 Å². The Morgan fingerprint density at radius 2 is 2.15 bits per heavy atom. The molecule has 0 spiro atoms. The SMILES string of the molecule is CC(=O)N1CCCC[C@@H]1c1cccnc1SC(C)(C)C. The smallest absolute Gasteiger partial charge is 0.219 e. The van der Waals surface area contributed by atoms with Crippen LogP contribution in [-0.2, 0) is 4.79 Å². The first-order chi connectivity index (χ1) is 9.38. The molecule has 0 aromatic carbocycles. The van der Waals surface area contributed by atoms with E-state index in [2.05, 4.69) is 31.8 Å². The van der Waals surface area contributed by atoms with E-state index in [1.54, 1.807) is 18.7 Å². The minimum Gasteiger partial charge on any atom is -0.336 e. The lowest BCUT2D eigenvalue weighted by atomic mass is 9.96. The maximum Gasteiger partial charge on any atom is 0.219 e. The number of pyridine rings is 1. The minimum absolute atomic E-state index is 0.124. The van der Waals surface area contributed by atoms with Crippen LogP contribution in [0.2, 0.25) is 0 Å². The van der Waals surface area contributed by atoms with Gasteiger partial charge in [0.2, 0.25) is 5.91 Å². The van der Waals surface area contributed by atoms with Crippen molar-refractivity contribution in [2.24, 2.45) is 0 Å². The Hall–Kier alpha value is -1.03. The van der Waals surface area contributed by atoms with E-state index < -0.39 is 0 Å². The summed E-state index contributed by atoms with van der Waals surface area (Å²) in [5.74, 6) is 0.172. The normalized spacial score (nSPS) is 20.0. The number of aromatic nitrogens is 1. The molecule has 1 aromatic heterocycles. The predicted molar refractivity (Wildman–Crippen MR) is 83.8 cm³/mol. The van der Waals surface area contributed by atoms with E-state index in [9.17, 15) is 4.79 Å². The molecule has 1 amide bonds. The van der Waals surface area contributed by atoms with Crippen LogP contribution in [0.4, 0.5) is 0 Å². The van der Waals surface area contributed by atoms with Gasteiger partial charge in [-0.1, -0.05) is 26.8 Å². The summed E-state index contributed by atoms with van der Waals surface area (Å²) in [4.78, 5) is 18.4. The molecule has 1 saturated heterocycles. The molecule has 1 atom stereocenters. The van der Waals surface area contributed by atoms with Gasteiger partial charge < -0.3 is 4.90 Å². The van der Waals surface area contributed by atoms with Crippen molar-refractivity contribution in [3.63, 3.8) is 0 Å². The first-order valence-electron chi connectivity index (χ1n) is 7.29. The topological polar surface area (TPSA) is 33.2 Å². The van der Waals surface area contributed by atoms with Gasteiger partial charge in [0.1, 0.15) is 5.03 Å². The Labute approximate surface area is 126 Å². The summed E-state index contributed by atoms with van der Waals surface area (Å²) < 4.78 is 0.124. The molecule has 1 aliphatic rings. The summed E-state index contributed by atoms with van der Waals surface area (Å²) in [6.07, 6.45) is 5.18. The standard InChI is InChI=1S/C16H24N2OS/c1-12(19)18-11-6-5-9-14(18)13-8-7-10-17-15(13)20-16(2,3)4/h7-8,10,14H,5-6,9,11H2,1-4H3/t14-/m1/s1. The first kappa shape index (κ1) is 15.4. The van der Waals surface area contributed by atoms with Crippen LogP contribution in [0.1, 0.15) is 58.6 Å². The second kappa shape index (κ2) is 6.17. The molecular formula is C16H24N2OS. The molecule has 3 nitrogen and oxygen atoms in total. The third kappa shape index (κ3) is 3.75. The quantitative estimate of drug-likeness (QED) is 0.771. The van der Waals surface area contributed by atoms with Crippen LogP contribution >= 0.6 is 11.8 Å². The third-order valence-electron chi connectivity index (χ3n) is 3.47. The number of hydrogen-bond acceptors (Lipinski definition) is 3. The number of nitrogens with zero attached hydrogens (tertiary/aromatic N) is 2. The molecule has 2 rings (SSSR count). The summed E-state index contributed by atoms with van der Waals surface area (Å²) in [6.45, 7) is 9.12. The Morgan fingerprint density at radius 1 is 1.40 bits per heavy atom. The molecule has 20 heavy (non-hydrogen) atoms. The molecule has 0 bridgehead atoms. The maximum absolute atomic E-state index is 11.9. The van der Waals surface area contributed by atoms with Gasteiger partial charge in [0, 0.05) is 30.0 Å². The van der Waals surface area contributed by atoms with Gasteiger partial charge in [0.05, 0.1) is 6.04 Å². The monoisotopic (exact) mass is 292 g/mol. The Balaban J connectivity index is 2.33. The molecule has 4 heteroatoms. The van der Waals surface area contributed by atoms with Gasteiger partial charge in [-0.15, -0.1) is 11.8 Å². The summed E-state index contributed by atoms with van der Waals surface area (Å²) in [6, 6.07) is 4.31. The van der Waals surface area contributed by atoms with E-state index in [1.165, 1.54) is 12.0 Å². The van der Waals surface area contributed by atoms with Gasteiger partial charge in [-0.25, -0.2) is 4.98 Å². The second-order valence-electron chi connectivity index (χ2n) is 6.34. The highest BCUT2D eigenvalue weighted by Crippen LogP contribution is 2.39. The molecule has 0 unspecified atom stereocenters. The van der Waals surface area contributed by atoms with E-state index >= 15 is 0 Å². The Bertz CT molecular complexity index is 482. The maximum atomic E-state index is 11.9. The minimum atomic E-state index is 0.124. The number of carbonyl (C=O) groups excluding carboxylic acids is 1. The first-order valence-corrected chi connectivity index (χ1v) is 8.11. The molecule has 110 valence electrons. The Kier molecular flexibility index (Phi) is 4.74. The zero-order chi connectivity index (χ0) is 14.8. The van der Waals surface area contributed by atoms with Gasteiger partial charge in [-0.3, -0.25) is 4.79 Å². The number of thioether (sulfide) groups is 1. The average molecular weight is 292 g/mol. The summed E-state index contributed by atoms with van der Waals surface area (Å²) >= 11 is 1.79. The highest BCUT2D eigenvalue weighted by Gasteiger charge is 2.29. The van der Waals surface area contributed by atoms with E-state index in [1.807, 2.05) is 17.2 Å². The van der Waals surface area contributed by atoms with E-state index in [0.717, 1.165) is 24.4 Å². The van der Waals surface area contributed by atoms with Crippen LogP contribution in [0.5, 0.6) is 0 Å². The fraction of sp³-hybridized carbons (Fsp3) is 0.625. The highest BCUT2D eigenvalue weighted by atomic mass is 32.2. The van der Waals surface area contributed by atoms with Gasteiger partial charge in [-0.2, -0.15) is 0 Å². The van der Waals surface area contributed by atoms with Crippen LogP contribution in [0, 0.1) is 0 Å². The number of likely N-dealkylation sites (tertiary alicyclic amines) is 1. The molecule has 1 aliphatic heterocycles. The van der Waals surface area contributed by atoms with Crippen molar-refractivity contribution in [1.82, 2.24) is 9.88 Å². The van der Waals surface area contributed by atoms with Crippen molar-refractivity contribution in [3.8, 4) is 0 Å². The number of piperidine rings is 1. The van der Waals surface area contributed by atoms with Gasteiger partial charge in [-0.05, 0) is 25.3 Å². The summed E-state index contributed by atoms with van der Waals surface area (Å²) in [7, 11) is 0. The average Bonchev–Trinajstić information content (AvgIpc) is 2.37. The van der Waals surface area contributed by atoms with Gasteiger partial charge in [0.15, 0.2) is 0 Å². The number of amides is 1. The summed E-state index contributed by atoms with van der Waals surface area (Å²) in [5.41, 5.74) is 1.21. The Morgan fingerprint density at radius 3 is 2.80 bits per heavy atom. The van der Waals surface area contributed by atoms with Crippen molar-refractivity contribution in [1.29, 1.82) is 0 Å². The molecule has 2 heterocycles. The van der Waals surface area contributed by atoms with Crippen LogP contribution in [0.15, 0.2) is 23.4 Å². The fourth-order valence-corrected chi connectivity index (χ4v) is 3.68. The molecule has 1 fully saturated rings. The zero-order valence-electron chi connectivity index (χ0n) is 12.8. The lowest BCUT2D eigenvalue weighted by Crippen LogP contribution is -2.37. The van der Waals surface area contributed by atoms with Crippen molar-refractivity contribution in [2.75, 3.05) is 6.54 Å². The summed E-state index contributed by atoms with van der Waals surface area (Å²) in [5, 5.41) is 1.07. The predicted octanol–water partition coefficient (Wildman–Crippen LogP) is 4.05. The molecule has 0 aliphatic carbocycles. The second-order valence-corrected chi connectivity index (χ2v) is 8.15. The lowest BCUT2D eigenvalue weighted by Gasteiger charge is -2.36. The van der Waals surface area contributed by atoms with Gasteiger partial charge >= 0.3 is 0 Å². The molecule has 0 saturated carbocycles. The van der Waals surface area contributed by atoms with Crippen LogP contribution in [0.3, 0.4) is 0 Å². The lowest BCUT2D eigenvalue weighted by molar-refractivity contribution is -0.132. The van der Waals surface area contributed by atoms with Crippen molar-refractivity contribution >= 4 is 17.7 Å². The van der Waals surface area contributed by atoms with Crippen LogP contribution < -0.4 is 0 Å². The molecule has 1 aromatic rings. The van der Waals surface area contributed by atoms with Crippen molar-refractivity contribution < 1.29 is 4.79 Å². The number of carbonyl (C=O) groups is 1. The van der Waals surface area contributed by atoms with E-state index in [4.69, 9.17) is 0 Å². The largest absolute Gasteiger partial charge is 0.336 e. The van der Waals surface area contributed by atoms with Crippen LogP contribution in [-0.4, -0.2) is 27.1 Å². The van der Waals surface area contributed by atoms with Crippen molar-refractivity contribution in [2.45, 2.75) is 62.8 Å². The van der Waals surface area contributed by atoms with E-state index in [-0.39, 0.29) is 16.7 Å². The fourth-order valence-electron chi connectivity index (χ4n) is 2.66. The zero-order valence-corrected chi connectivity index (χ0v) is 13.7.